The van der Waals surface area contributed by atoms with E-state index in [4.69, 9.17) is 5.26 Å². The number of thioether (sulfide) groups is 1. The number of halogens is 3. The summed E-state index contributed by atoms with van der Waals surface area (Å²) < 4.78 is 41.4. The smallest absolute Gasteiger partial charge is 0.446 e. The number of esters is 1. The third kappa shape index (κ3) is 3.17. The molecular weight excluding hydrogens is 267 g/mol. The number of rotatable bonds is 2. The van der Waals surface area contributed by atoms with E-state index in [1.165, 1.54) is 19.1 Å². The summed E-state index contributed by atoms with van der Waals surface area (Å²) in [5, 5.41) is 8.82. The van der Waals surface area contributed by atoms with Crippen molar-refractivity contribution in [2.45, 2.75) is 17.3 Å². The summed E-state index contributed by atoms with van der Waals surface area (Å²) in [6.45, 7) is 1.35. The minimum Gasteiger partial charge on any atom is -0.465 e. The number of carbonyl (C=O) groups excluding carboxylic acids is 1. The van der Waals surface area contributed by atoms with Crippen LogP contribution >= 0.6 is 11.8 Å². The van der Waals surface area contributed by atoms with E-state index < -0.39 is 11.5 Å². The van der Waals surface area contributed by atoms with Crippen molar-refractivity contribution in [3.8, 4) is 6.07 Å². The largest absolute Gasteiger partial charge is 0.465 e. The SMILES string of the molecule is COC(=O)c1c(C#N)ccc(SC(F)(F)F)c1C. The molecule has 0 aromatic heterocycles. The third-order valence-corrected chi connectivity index (χ3v) is 3.04. The van der Waals surface area contributed by atoms with Gasteiger partial charge in [-0.05, 0) is 36.4 Å². The van der Waals surface area contributed by atoms with Crippen LogP contribution in [0.3, 0.4) is 0 Å². The van der Waals surface area contributed by atoms with Crippen LogP contribution in [-0.4, -0.2) is 18.6 Å². The maximum absolute atomic E-state index is 12.3. The fourth-order valence-electron chi connectivity index (χ4n) is 1.39. The van der Waals surface area contributed by atoms with Crippen molar-refractivity contribution in [2.24, 2.45) is 0 Å². The lowest BCUT2D eigenvalue weighted by Crippen LogP contribution is -2.09. The number of alkyl halides is 3. The average molecular weight is 275 g/mol. The van der Waals surface area contributed by atoms with Crippen LogP contribution in [0.2, 0.25) is 0 Å². The summed E-state index contributed by atoms with van der Waals surface area (Å²) in [7, 11) is 1.10. The van der Waals surface area contributed by atoms with Gasteiger partial charge >= 0.3 is 11.5 Å². The molecule has 0 aliphatic rings. The van der Waals surface area contributed by atoms with Gasteiger partial charge in [0.05, 0.1) is 18.2 Å². The molecule has 0 amide bonds. The van der Waals surface area contributed by atoms with Gasteiger partial charge < -0.3 is 4.74 Å². The Bertz CT molecular complexity index is 520. The molecule has 1 rings (SSSR count). The summed E-state index contributed by atoms with van der Waals surface area (Å²) in [4.78, 5) is 11.3. The Balaban J connectivity index is 3.35. The molecule has 0 radical (unpaired) electrons. The van der Waals surface area contributed by atoms with Gasteiger partial charge in [-0.25, -0.2) is 4.79 Å². The van der Waals surface area contributed by atoms with E-state index >= 15 is 0 Å². The topological polar surface area (TPSA) is 50.1 Å². The second kappa shape index (κ2) is 5.31. The van der Waals surface area contributed by atoms with E-state index in [2.05, 4.69) is 4.74 Å². The van der Waals surface area contributed by atoms with E-state index in [1.807, 2.05) is 0 Å². The Morgan fingerprint density at radius 1 is 1.44 bits per heavy atom. The fourth-order valence-corrected chi connectivity index (χ4v) is 2.03. The van der Waals surface area contributed by atoms with Crippen molar-refractivity contribution < 1.29 is 22.7 Å². The van der Waals surface area contributed by atoms with Crippen LogP contribution in [0, 0.1) is 18.3 Å². The van der Waals surface area contributed by atoms with E-state index in [-0.39, 0.29) is 33.3 Å². The highest BCUT2D eigenvalue weighted by atomic mass is 32.2. The van der Waals surface area contributed by atoms with E-state index in [0.29, 0.717) is 0 Å². The fraction of sp³-hybridized carbons (Fsp3) is 0.273. The molecule has 18 heavy (non-hydrogen) atoms. The van der Waals surface area contributed by atoms with Gasteiger partial charge in [0.15, 0.2) is 0 Å². The molecule has 0 heterocycles. The maximum Gasteiger partial charge on any atom is 0.446 e. The van der Waals surface area contributed by atoms with Crippen LogP contribution in [0.4, 0.5) is 13.2 Å². The predicted octanol–water partition coefficient (Wildman–Crippen LogP) is 3.27. The number of hydrogen-bond donors (Lipinski definition) is 0. The molecule has 0 saturated heterocycles. The van der Waals surface area contributed by atoms with Gasteiger partial charge in [-0.1, -0.05) is 0 Å². The zero-order valence-electron chi connectivity index (χ0n) is 9.46. The molecule has 0 unspecified atom stereocenters. The Hall–Kier alpha value is -1.68. The number of nitriles is 1. The minimum absolute atomic E-state index is 0.00845. The first-order valence-electron chi connectivity index (χ1n) is 4.68. The van der Waals surface area contributed by atoms with Gasteiger partial charge in [-0.15, -0.1) is 0 Å². The van der Waals surface area contributed by atoms with Crippen molar-refractivity contribution in [1.82, 2.24) is 0 Å². The Morgan fingerprint density at radius 3 is 2.50 bits per heavy atom. The summed E-state index contributed by atoms with van der Waals surface area (Å²) in [5.41, 5.74) is -4.50. The van der Waals surface area contributed by atoms with Gasteiger partial charge in [0.2, 0.25) is 0 Å². The first kappa shape index (κ1) is 14.4. The molecule has 0 atom stereocenters. The summed E-state index contributed by atoms with van der Waals surface area (Å²) in [6, 6.07) is 4.09. The second-order valence-corrected chi connectivity index (χ2v) is 4.37. The number of carbonyl (C=O) groups is 1. The molecule has 3 nitrogen and oxygen atoms in total. The quantitative estimate of drug-likeness (QED) is 0.614. The number of methoxy groups -OCH3 is 1. The standard InChI is InChI=1S/C11H8F3NO2S/c1-6-8(18-11(12,13)14)4-3-7(5-15)9(6)10(16)17-2/h3-4H,1-2H3. The monoisotopic (exact) mass is 275 g/mol. The first-order valence-corrected chi connectivity index (χ1v) is 5.49. The molecule has 1 aromatic carbocycles. The van der Waals surface area contributed by atoms with Crippen LogP contribution in [0.1, 0.15) is 21.5 Å². The first-order chi connectivity index (χ1) is 8.30. The second-order valence-electron chi connectivity index (χ2n) is 3.26. The number of hydrogen-bond acceptors (Lipinski definition) is 4. The number of nitrogens with zero attached hydrogens (tertiary/aromatic N) is 1. The summed E-state index contributed by atoms with van der Waals surface area (Å²) in [5.74, 6) is -0.825. The van der Waals surface area contributed by atoms with E-state index in [9.17, 15) is 18.0 Å². The van der Waals surface area contributed by atoms with Crippen molar-refractivity contribution in [3.05, 3.63) is 28.8 Å². The summed E-state index contributed by atoms with van der Waals surface area (Å²) in [6.07, 6.45) is 0. The number of ether oxygens (including phenoxy) is 1. The van der Waals surface area contributed by atoms with Crippen molar-refractivity contribution in [2.75, 3.05) is 7.11 Å². The van der Waals surface area contributed by atoms with Crippen molar-refractivity contribution in [3.63, 3.8) is 0 Å². The predicted molar refractivity (Wildman–Crippen MR) is 59.1 cm³/mol. The zero-order valence-corrected chi connectivity index (χ0v) is 10.3. The van der Waals surface area contributed by atoms with Gasteiger partial charge in [0.25, 0.3) is 0 Å². The van der Waals surface area contributed by atoms with Crippen LogP contribution in [-0.2, 0) is 4.74 Å². The minimum atomic E-state index is -4.45. The number of benzene rings is 1. The highest BCUT2D eigenvalue weighted by Gasteiger charge is 2.31. The molecule has 0 fully saturated rings. The Labute approximate surface area is 106 Å². The van der Waals surface area contributed by atoms with Crippen LogP contribution in [0.5, 0.6) is 0 Å². The Kier molecular flexibility index (Phi) is 4.24. The van der Waals surface area contributed by atoms with Gasteiger partial charge in [0.1, 0.15) is 6.07 Å². The molecule has 7 heteroatoms. The maximum atomic E-state index is 12.3. The van der Waals surface area contributed by atoms with E-state index in [1.54, 1.807) is 6.07 Å². The molecule has 0 bridgehead atoms. The van der Waals surface area contributed by atoms with Crippen molar-refractivity contribution >= 4 is 17.7 Å². The highest BCUT2D eigenvalue weighted by Crippen LogP contribution is 2.39. The normalized spacial score (nSPS) is 10.9. The highest BCUT2D eigenvalue weighted by molar-refractivity contribution is 8.00. The Morgan fingerprint density at radius 2 is 2.06 bits per heavy atom. The molecule has 0 saturated carbocycles. The summed E-state index contributed by atoms with van der Waals surface area (Å²) >= 11 is -0.329. The van der Waals surface area contributed by atoms with Gasteiger partial charge in [-0.2, -0.15) is 18.4 Å². The van der Waals surface area contributed by atoms with Crippen molar-refractivity contribution in [1.29, 1.82) is 5.26 Å². The third-order valence-electron chi connectivity index (χ3n) is 2.15. The average Bonchev–Trinajstić information content (AvgIpc) is 2.29. The molecule has 0 aliphatic heterocycles. The molecule has 0 aliphatic carbocycles. The van der Waals surface area contributed by atoms with Gasteiger partial charge in [-0.3, -0.25) is 0 Å². The lowest BCUT2D eigenvalue weighted by molar-refractivity contribution is -0.0328. The molecule has 0 N–H and O–H groups in total. The molecule has 1 aromatic rings. The molecule has 96 valence electrons. The lowest BCUT2D eigenvalue weighted by atomic mass is 10.0. The van der Waals surface area contributed by atoms with Crippen LogP contribution in [0.25, 0.3) is 0 Å². The van der Waals surface area contributed by atoms with Crippen LogP contribution < -0.4 is 0 Å². The van der Waals surface area contributed by atoms with E-state index in [0.717, 1.165) is 7.11 Å². The molecular formula is C11H8F3NO2S. The molecule has 0 spiro atoms. The lowest BCUT2D eigenvalue weighted by Gasteiger charge is -2.12. The van der Waals surface area contributed by atoms with Gasteiger partial charge in [0, 0.05) is 4.90 Å². The van der Waals surface area contributed by atoms with Crippen LogP contribution in [0.15, 0.2) is 17.0 Å². The zero-order chi connectivity index (χ0) is 13.9.